The number of hydrazine groups is 1. The summed E-state index contributed by atoms with van der Waals surface area (Å²) < 4.78 is 7.36. The lowest BCUT2D eigenvalue weighted by atomic mass is 10.2. The Hall–Kier alpha value is -0.910. The summed E-state index contributed by atoms with van der Waals surface area (Å²) in [7, 11) is 1.67. The molecule has 5 nitrogen and oxygen atoms in total. The van der Waals surface area contributed by atoms with Crippen LogP contribution in [0.3, 0.4) is 0 Å². The van der Waals surface area contributed by atoms with Crippen LogP contribution in [0, 0.1) is 0 Å². The zero-order valence-corrected chi connectivity index (χ0v) is 9.60. The van der Waals surface area contributed by atoms with Crippen LogP contribution in [0.1, 0.15) is 32.1 Å². The van der Waals surface area contributed by atoms with Crippen molar-refractivity contribution in [3.8, 4) is 0 Å². The Morgan fingerprint density at radius 3 is 2.93 bits per heavy atom. The monoisotopic (exact) mass is 212 g/mol. The molecule has 1 aromatic heterocycles. The number of nitrogens with zero attached hydrogens (tertiary/aromatic N) is 2. The van der Waals surface area contributed by atoms with Crippen molar-refractivity contribution >= 4 is 0 Å². The Kier molecular flexibility index (Phi) is 4.74. The van der Waals surface area contributed by atoms with Crippen molar-refractivity contribution in [1.82, 2.24) is 15.0 Å². The summed E-state index contributed by atoms with van der Waals surface area (Å²) in [5.41, 5.74) is 2.75. The molecule has 2 unspecified atom stereocenters. The summed E-state index contributed by atoms with van der Waals surface area (Å²) in [4.78, 5) is 4.32. The Balaban J connectivity index is 2.85. The van der Waals surface area contributed by atoms with Crippen molar-refractivity contribution in [2.75, 3.05) is 7.11 Å². The van der Waals surface area contributed by atoms with Gasteiger partial charge in [0, 0.05) is 26.0 Å². The van der Waals surface area contributed by atoms with Gasteiger partial charge in [0.1, 0.15) is 11.9 Å². The van der Waals surface area contributed by atoms with Gasteiger partial charge in [0.2, 0.25) is 0 Å². The average Bonchev–Trinajstić information content (AvgIpc) is 2.68. The molecule has 1 heterocycles. The van der Waals surface area contributed by atoms with Crippen molar-refractivity contribution in [3.63, 3.8) is 0 Å². The molecule has 0 amide bonds. The van der Waals surface area contributed by atoms with Gasteiger partial charge in [-0.3, -0.25) is 5.84 Å². The standard InChI is InChI=1S/C10H20N4O/c1-4-6-14-7-5-12-10(14)9(13-11)8(2)15-3/h5,7-9,13H,4,6,11H2,1-3H3. The van der Waals surface area contributed by atoms with E-state index < -0.39 is 0 Å². The number of hydrogen-bond donors (Lipinski definition) is 2. The highest BCUT2D eigenvalue weighted by atomic mass is 16.5. The van der Waals surface area contributed by atoms with Crippen LogP contribution in [-0.2, 0) is 11.3 Å². The van der Waals surface area contributed by atoms with Crippen LogP contribution in [-0.4, -0.2) is 22.8 Å². The first kappa shape index (κ1) is 12.2. The smallest absolute Gasteiger partial charge is 0.129 e. The molecule has 0 aliphatic heterocycles. The summed E-state index contributed by atoms with van der Waals surface area (Å²) in [5, 5.41) is 0. The van der Waals surface area contributed by atoms with Crippen molar-refractivity contribution < 1.29 is 4.74 Å². The Morgan fingerprint density at radius 2 is 2.40 bits per heavy atom. The fourth-order valence-electron chi connectivity index (χ4n) is 1.59. The molecule has 3 N–H and O–H groups in total. The third kappa shape index (κ3) is 2.77. The topological polar surface area (TPSA) is 65.1 Å². The van der Waals surface area contributed by atoms with Crippen molar-refractivity contribution in [2.24, 2.45) is 5.84 Å². The van der Waals surface area contributed by atoms with Gasteiger partial charge in [0.15, 0.2) is 0 Å². The number of methoxy groups -OCH3 is 1. The van der Waals surface area contributed by atoms with Gasteiger partial charge < -0.3 is 9.30 Å². The number of aryl methyl sites for hydroxylation is 1. The first-order valence-corrected chi connectivity index (χ1v) is 5.24. The maximum atomic E-state index is 5.52. The highest BCUT2D eigenvalue weighted by Gasteiger charge is 2.21. The van der Waals surface area contributed by atoms with Crippen LogP contribution < -0.4 is 11.3 Å². The molecular weight excluding hydrogens is 192 g/mol. The maximum absolute atomic E-state index is 5.52. The SMILES string of the molecule is CCCn1ccnc1C(NN)C(C)OC. The number of imidazole rings is 1. The van der Waals surface area contributed by atoms with E-state index in [9.17, 15) is 0 Å². The lowest BCUT2D eigenvalue weighted by Gasteiger charge is -2.22. The normalized spacial score (nSPS) is 15.2. The number of nitrogens with one attached hydrogen (secondary N) is 1. The van der Waals surface area contributed by atoms with Crippen LogP contribution >= 0.6 is 0 Å². The molecule has 0 aliphatic carbocycles. The molecule has 1 rings (SSSR count). The number of rotatable bonds is 6. The van der Waals surface area contributed by atoms with Crippen LogP contribution in [0.2, 0.25) is 0 Å². The van der Waals surface area contributed by atoms with E-state index in [1.165, 1.54) is 0 Å². The Labute approximate surface area is 90.6 Å². The zero-order chi connectivity index (χ0) is 11.3. The van der Waals surface area contributed by atoms with E-state index in [1.807, 2.05) is 13.1 Å². The first-order chi connectivity index (χ1) is 7.24. The second-order valence-corrected chi connectivity index (χ2v) is 3.56. The molecule has 0 aromatic carbocycles. The molecule has 0 bridgehead atoms. The van der Waals surface area contributed by atoms with E-state index >= 15 is 0 Å². The summed E-state index contributed by atoms with van der Waals surface area (Å²) in [5.74, 6) is 6.45. The third-order valence-corrected chi connectivity index (χ3v) is 2.51. The van der Waals surface area contributed by atoms with Gasteiger partial charge in [0.25, 0.3) is 0 Å². The summed E-state index contributed by atoms with van der Waals surface area (Å²) in [6, 6.07) is -0.0726. The maximum Gasteiger partial charge on any atom is 0.129 e. The minimum absolute atomic E-state index is 0.00648. The minimum Gasteiger partial charge on any atom is -0.380 e. The molecule has 1 aromatic rings. The van der Waals surface area contributed by atoms with Gasteiger partial charge in [-0.05, 0) is 13.3 Å². The van der Waals surface area contributed by atoms with E-state index in [1.54, 1.807) is 13.3 Å². The van der Waals surface area contributed by atoms with Crippen molar-refractivity contribution in [3.05, 3.63) is 18.2 Å². The van der Waals surface area contributed by atoms with Gasteiger partial charge in [-0.25, -0.2) is 10.4 Å². The lowest BCUT2D eigenvalue weighted by Crippen LogP contribution is -2.38. The predicted octanol–water partition coefficient (Wildman–Crippen LogP) is 0.832. The average molecular weight is 212 g/mol. The Morgan fingerprint density at radius 1 is 1.67 bits per heavy atom. The second-order valence-electron chi connectivity index (χ2n) is 3.56. The largest absolute Gasteiger partial charge is 0.380 e. The van der Waals surface area contributed by atoms with Gasteiger partial charge in [-0.2, -0.15) is 0 Å². The fourth-order valence-corrected chi connectivity index (χ4v) is 1.59. The highest BCUT2D eigenvalue weighted by Crippen LogP contribution is 2.16. The second kappa shape index (κ2) is 5.85. The molecule has 15 heavy (non-hydrogen) atoms. The molecule has 0 saturated carbocycles. The molecule has 0 saturated heterocycles. The molecule has 0 radical (unpaired) electrons. The predicted molar refractivity (Wildman–Crippen MR) is 59.1 cm³/mol. The summed E-state index contributed by atoms with van der Waals surface area (Å²) >= 11 is 0. The Bertz CT molecular complexity index is 287. The van der Waals surface area contributed by atoms with Gasteiger partial charge in [-0.1, -0.05) is 6.92 Å². The highest BCUT2D eigenvalue weighted by molar-refractivity contribution is 5.01. The van der Waals surface area contributed by atoms with Crippen LogP contribution in [0.25, 0.3) is 0 Å². The number of hydrogen-bond acceptors (Lipinski definition) is 4. The molecule has 0 spiro atoms. The van der Waals surface area contributed by atoms with Crippen LogP contribution in [0.15, 0.2) is 12.4 Å². The molecule has 0 fully saturated rings. The van der Waals surface area contributed by atoms with Gasteiger partial charge in [-0.15, -0.1) is 0 Å². The van der Waals surface area contributed by atoms with Gasteiger partial charge >= 0.3 is 0 Å². The zero-order valence-electron chi connectivity index (χ0n) is 9.60. The molecule has 86 valence electrons. The summed E-state index contributed by atoms with van der Waals surface area (Å²) in [6.45, 7) is 5.05. The van der Waals surface area contributed by atoms with E-state index in [0.29, 0.717) is 0 Å². The van der Waals surface area contributed by atoms with E-state index in [-0.39, 0.29) is 12.1 Å². The van der Waals surface area contributed by atoms with Gasteiger partial charge in [0.05, 0.1) is 6.10 Å². The fraction of sp³-hybridized carbons (Fsp3) is 0.700. The van der Waals surface area contributed by atoms with Crippen LogP contribution in [0.4, 0.5) is 0 Å². The van der Waals surface area contributed by atoms with Crippen molar-refractivity contribution in [2.45, 2.75) is 39.0 Å². The molecule has 0 aliphatic rings. The summed E-state index contributed by atoms with van der Waals surface area (Å²) in [6.07, 6.45) is 4.82. The minimum atomic E-state index is -0.0726. The lowest BCUT2D eigenvalue weighted by molar-refractivity contribution is 0.0789. The first-order valence-electron chi connectivity index (χ1n) is 5.24. The quantitative estimate of drug-likeness (QED) is 0.541. The molecule has 5 heteroatoms. The van der Waals surface area contributed by atoms with E-state index in [4.69, 9.17) is 10.6 Å². The number of ether oxygens (including phenoxy) is 1. The number of nitrogens with two attached hydrogens (primary N) is 1. The number of aromatic nitrogens is 2. The van der Waals surface area contributed by atoms with E-state index in [2.05, 4.69) is 21.9 Å². The van der Waals surface area contributed by atoms with Crippen LogP contribution in [0.5, 0.6) is 0 Å². The van der Waals surface area contributed by atoms with E-state index in [0.717, 1.165) is 18.8 Å². The third-order valence-electron chi connectivity index (χ3n) is 2.51. The van der Waals surface area contributed by atoms with Crippen molar-refractivity contribution in [1.29, 1.82) is 0 Å². The molecular formula is C10H20N4O. The molecule has 2 atom stereocenters.